The summed E-state index contributed by atoms with van der Waals surface area (Å²) in [5.74, 6) is 1.42. The molecule has 0 radical (unpaired) electrons. The summed E-state index contributed by atoms with van der Waals surface area (Å²) in [6.07, 6.45) is 1.90. The van der Waals surface area contributed by atoms with Gasteiger partial charge in [-0.3, -0.25) is 4.57 Å². The second-order valence-corrected chi connectivity index (χ2v) is 15.9. The summed E-state index contributed by atoms with van der Waals surface area (Å²) in [7, 11) is 0. The van der Waals surface area contributed by atoms with Crippen molar-refractivity contribution >= 4 is 33.0 Å². The molecule has 0 spiro atoms. The molecule has 0 aliphatic heterocycles. The average molecular weight is 819 g/mol. The van der Waals surface area contributed by atoms with Gasteiger partial charge in [-0.15, -0.1) is 0 Å². The van der Waals surface area contributed by atoms with Crippen molar-refractivity contribution in [3.63, 3.8) is 0 Å². The maximum atomic E-state index is 5.50. The maximum Gasteiger partial charge on any atom is 0.165 e. The molecule has 0 saturated heterocycles. The van der Waals surface area contributed by atoms with Crippen LogP contribution in [0.25, 0.3) is 112 Å². The van der Waals surface area contributed by atoms with Gasteiger partial charge in [0.2, 0.25) is 0 Å². The zero-order valence-electron chi connectivity index (χ0n) is 34.6. The molecule has 0 atom stereocenters. The minimum absolute atomic E-state index is 0.635. The Morgan fingerprint density at radius 3 is 1.44 bits per heavy atom. The van der Waals surface area contributed by atoms with Gasteiger partial charge in [-0.25, -0.2) is 19.9 Å². The molecule has 6 heteroatoms. The molecule has 0 amide bonds. The van der Waals surface area contributed by atoms with Crippen molar-refractivity contribution in [2.45, 2.75) is 0 Å². The number of pyridine rings is 1. The highest BCUT2D eigenvalue weighted by atomic mass is 15.1. The second-order valence-electron chi connectivity index (χ2n) is 15.9. The third kappa shape index (κ3) is 6.53. The average Bonchev–Trinajstić information content (AvgIpc) is 3.94. The van der Waals surface area contributed by atoms with Crippen molar-refractivity contribution in [1.29, 1.82) is 0 Å². The SMILES string of the molecule is c1ccc(-c2ccc(-c3nc4c(-c5cccc(-n6c7ccccc7c7ccccc76)c5)ccnc4n3-c3cccc(-c4nc(-c5ccccc5)cc(-c5ccccc5)n4)c3)cc2)cc1. The number of rotatable bonds is 8. The quantitative estimate of drug-likeness (QED) is 0.153. The Bertz CT molecular complexity index is 3540. The molecular weight excluding hydrogens is 781 g/mol. The molecule has 8 aromatic carbocycles. The summed E-state index contributed by atoms with van der Waals surface area (Å²) < 4.78 is 4.53. The van der Waals surface area contributed by atoms with E-state index in [1.165, 1.54) is 21.8 Å². The molecule has 4 heterocycles. The fourth-order valence-corrected chi connectivity index (χ4v) is 8.97. The predicted molar refractivity (Wildman–Crippen MR) is 261 cm³/mol. The minimum atomic E-state index is 0.635. The highest BCUT2D eigenvalue weighted by molar-refractivity contribution is 6.09. The van der Waals surface area contributed by atoms with Crippen molar-refractivity contribution in [2.75, 3.05) is 0 Å². The maximum absolute atomic E-state index is 5.50. The van der Waals surface area contributed by atoms with Gasteiger partial charge in [0.15, 0.2) is 11.5 Å². The van der Waals surface area contributed by atoms with E-state index in [4.69, 9.17) is 19.9 Å². The molecule has 0 bridgehead atoms. The van der Waals surface area contributed by atoms with E-state index in [-0.39, 0.29) is 0 Å². The normalized spacial score (nSPS) is 11.4. The first-order valence-electron chi connectivity index (χ1n) is 21.5. The van der Waals surface area contributed by atoms with Crippen LogP contribution in [0.2, 0.25) is 0 Å². The van der Waals surface area contributed by atoms with Crippen LogP contribution in [0, 0.1) is 0 Å². The first kappa shape index (κ1) is 37.1. The van der Waals surface area contributed by atoms with Gasteiger partial charge >= 0.3 is 0 Å². The van der Waals surface area contributed by atoms with Crippen molar-refractivity contribution < 1.29 is 0 Å². The highest BCUT2D eigenvalue weighted by Gasteiger charge is 2.21. The zero-order valence-corrected chi connectivity index (χ0v) is 34.6. The van der Waals surface area contributed by atoms with Crippen LogP contribution in [0.3, 0.4) is 0 Å². The van der Waals surface area contributed by atoms with Crippen LogP contribution in [0.15, 0.2) is 231 Å². The number of hydrogen-bond donors (Lipinski definition) is 0. The number of fused-ring (bicyclic) bond motifs is 4. The molecule has 0 fully saturated rings. The fourth-order valence-electron chi connectivity index (χ4n) is 8.97. The first-order chi connectivity index (χ1) is 31.7. The van der Waals surface area contributed by atoms with E-state index >= 15 is 0 Å². The van der Waals surface area contributed by atoms with Gasteiger partial charge in [0, 0.05) is 56.2 Å². The van der Waals surface area contributed by atoms with E-state index in [1.807, 2.05) is 48.7 Å². The van der Waals surface area contributed by atoms with Gasteiger partial charge in [0.05, 0.1) is 22.4 Å². The summed E-state index contributed by atoms with van der Waals surface area (Å²) in [6.45, 7) is 0. The number of hydrogen-bond acceptors (Lipinski definition) is 4. The van der Waals surface area contributed by atoms with Crippen LogP contribution in [0.1, 0.15) is 0 Å². The Balaban J connectivity index is 1.04. The van der Waals surface area contributed by atoms with E-state index in [9.17, 15) is 0 Å². The van der Waals surface area contributed by atoms with E-state index in [0.717, 1.165) is 84.3 Å². The van der Waals surface area contributed by atoms with Gasteiger partial charge in [-0.2, -0.15) is 0 Å². The van der Waals surface area contributed by atoms with Crippen molar-refractivity contribution in [1.82, 2.24) is 29.1 Å². The molecule has 0 saturated carbocycles. The molecule has 6 nitrogen and oxygen atoms in total. The van der Waals surface area contributed by atoms with Crippen LogP contribution in [0.5, 0.6) is 0 Å². The Kier molecular flexibility index (Phi) is 9.05. The molecule has 4 aromatic heterocycles. The van der Waals surface area contributed by atoms with Crippen LogP contribution in [-0.4, -0.2) is 29.1 Å². The molecular formula is C58H38N6. The molecule has 12 rings (SSSR count). The molecule has 64 heavy (non-hydrogen) atoms. The summed E-state index contributed by atoms with van der Waals surface area (Å²) in [5.41, 5.74) is 15.9. The minimum Gasteiger partial charge on any atom is -0.309 e. The Morgan fingerprint density at radius 1 is 0.328 bits per heavy atom. The molecule has 0 unspecified atom stereocenters. The fraction of sp³-hybridized carbons (Fsp3) is 0. The lowest BCUT2D eigenvalue weighted by atomic mass is 10.0. The van der Waals surface area contributed by atoms with E-state index in [1.54, 1.807) is 0 Å². The van der Waals surface area contributed by atoms with Gasteiger partial charge in [0.25, 0.3) is 0 Å². The number of para-hydroxylation sites is 2. The Hall–Kier alpha value is -8.74. The summed E-state index contributed by atoms with van der Waals surface area (Å²) in [4.78, 5) is 20.9. The standard InChI is InChI=1S/C58H38N6/c1-4-16-39(17-5-1)40-30-32-43(33-31-40)57-62-55-48(44-22-14-24-46(36-44)63-53-28-12-10-26-49(53)50-27-11-13-29-54(50)63)34-35-59-58(55)64(57)47-25-15-23-45(37-47)56-60-51(41-18-6-2-7-19-41)38-52(61-56)42-20-8-3-9-21-42/h1-38H. The van der Waals surface area contributed by atoms with Crippen LogP contribution in [-0.2, 0) is 0 Å². The van der Waals surface area contributed by atoms with Gasteiger partial charge in [-0.05, 0) is 65.2 Å². The van der Waals surface area contributed by atoms with Crippen LogP contribution >= 0.6 is 0 Å². The first-order valence-corrected chi connectivity index (χ1v) is 21.5. The van der Waals surface area contributed by atoms with Crippen LogP contribution in [0.4, 0.5) is 0 Å². The lowest BCUT2D eigenvalue weighted by Crippen LogP contribution is -2.01. The number of nitrogens with zero attached hydrogens (tertiary/aromatic N) is 6. The van der Waals surface area contributed by atoms with E-state index in [2.05, 4.69) is 191 Å². The predicted octanol–water partition coefficient (Wildman–Crippen LogP) is 14.3. The zero-order chi connectivity index (χ0) is 42.4. The monoisotopic (exact) mass is 818 g/mol. The topological polar surface area (TPSA) is 61.4 Å². The van der Waals surface area contributed by atoms with Crippen molar-refractivity contribution in [3.05, 3.63) is 231 Å². The molecule has 0 aliphatic carbocycles. The van der Waals surface area contributed by atoms with Crippen molar-refractivity contribution in [3.8, 4) is 78.9 Å². The van der Waals surface area contributed by atoms with Gasteiger partial charge in [-0.1, -0.05) is 176 Å². The summed E-state index contributed by atoms with van der Waals surface area (Å²) >= 11 is 0. The van der Waals surface area contributed by atoms with E-state index in [0.29, 0.717) is 5.82 Å². The van der Waals surface area contributed by atoms with Crippen molar-refractivity contribution in [2.24, 2.45) is 0 Å². The second kappa shape index (κ2) is 15.6. The smallest absolute Gasteiger partial charge is 0.165 e. The Morgan fingerprint density at radius 2 is 0.812 bits per heavy atom. The molecule has 0 aliphatic rings. The number of aromatic nitrogens is 6. The third-order valence-electron chi connectivity index (χ3n) is 12.0. The summed E-state index contributed by atoms with van der Waals surface area (Å²) in [5, 5.41) is 2.46. The molecule has 300 valence electrons. The van der Waals surface area contributed by atoms with Gasteiger partial charge in [0.1, 0.15) is 11.3 Å². The number of imidazole rings is 1. The third-order valence-corrected chi connectivity index (χ3v) is 12.0. The summed E-state index contributed by atoms with van der Waals surface area (Å²) in [6, 6.07) is 78.2. The highest BCUT2D eigenvalue weighted by Crippen LogP contribution is 2.38. The molecule has 12 aromatic rings. The Labute approximate surface area is 370 Å². The lowest BCUT2D eigenvalue weighted by Gasteiger charge is -2.13. The lowest BCUT2D eigenvalue weighted by molar-refractivity contribution is 1.07. The van der Waals surface area contributed by atoms with Crippen LogP contribution < -0.4 is 0 Å². The molecule has 0 N–H and O–H groups in total. The van der Waals surface area contributed by atoms with E-state index < -0.39 is 0 Å². The largest absolute Gasteiger partial charge is 0.309 e. The number of benzene rings is 8. The van der Waals surface area contributed by atoms with Gasteiger partial charge < -0.3 is 4.57 Å².